The van der Waals surface area contributed by atoms with Crippen molar-refractivity contribution < 1.29 is 4.79 Å². The predicted octanol–water partition coefficient (Wildman–Crippen LogP) is 3.28. The third kappa shape index (κ3) is 5.14. The van der Waals surface area contributed by atoms with E-state index in [0.29, 0.717) is 11.3 Å². The van der Waals surface area contributed by atoms with Crippen LogP contribution in [-0.4, -0.2) is 21.4 Å². The van der Waals surface area contributed by atoms with E-state index in [1.165, 1.54) is 0 Å². The number of amides is 1. The number of hydrogen-bond acceptors (Lipinski definition) is 4. The highest BCUT2D eigenvalue weighted by Crippen LogP contribution is 2.17. The highest BCUT2D eigenvalue weighted by atomic mass is 32.2. The number of nitrogens with zero attached hydrogens (tertiary/aromatic N) is 3. The highest BCUT2D eigenvalue weighted by molar-refractivity contribution is 7.99. The largest absolute Gasteiger partial charge is 0.348 e. The average Bonchev–Trinajstić information content (AvgIpc) is 3.09. The van der Waals surface area contributed by atoms with E-state index in [9.17, 15) is 4.79 Å². The number of aromatic nitrogens is 2. The first-order valence-corrected chi connectivity index (χ1v) is 9.20. The molecule has 0 saturated heterocycles. The van der Waals surface area contributed by atoms with Gasteiger partial charge >= 0.3 is 0 Å². The molecular formula is C18H22N4OS. The van der Waals surface area contributed by atoms with Gasteiger partial charge in [-0.25, -0.2) is 0 Å². The Hall–Kier alpha value is -2.26. The number of carbonyl (C=O) groups is 1. The second kappa shape index (κ2) is 9.14. The van der Waals surface area contributed by atoms with Gasteiger partial charge in [0.2, 0.25) is 5.91 Å². The molecule has 126 valence electrons. The van der Waals surface area contributed by atoms with Gasteiger partial charge in [0.25, 0.3) is 0 Å². The lowest BCUT2D eigenvalue weighted by molar-refractivity contribution is -0.119. The average molecular weight is 342 g/mol. The molecule has 1 aromatic heterocycles. The van der Waals surface area contributed by atoms with E-state index >= 15 is 0 Å². The minimum absolute atomic E-state index is 0.00770. The Labute approximate surface area is 147 Å². The van der Waals surface area contributed by atoms with Crippen LogP contribution in [0.15, 0.2) is 36.7 Å². The summed E-state index contributed by atoms with van der Waals surface area (Å²) in [6, 6.07) is 9.56. The van der Waals surface area contributed by atoms with Gasteiger partial charge in [-0.15, -0.1) is 11.8 Å². The summed E-state index contributed by atoms with van der Waals surface area (Å²) < 4.78 is 1.86. The highest BCUT2D eigenvalue weighted by Gasteiger charge is 2.14. The third-order valence-electron chi connectivity index (χ3n) is 3.71. The zero-order chi connectivity index (χ0) is 17.4. The first-order valence-electron chi connectivity index (χ1n) is 8.04. The number of nitrogens with one attached hydrogen (secondary N) is 1. The van der Waals surface area contributed by atoms with Crippen molar-refractivity contribution in [3.8, 4) is 6.07 Å². The molecule has 1 atom stereocenters. The van der Waals surface area contributed by atoms with Crippen LogP contribution in [0, 0.1) is 11.3 Å². The van der Waals surface area contributed by atoms with E-state index in [4.69, 9.17) is 5.26 Å². The fourth-order valence-electron chi connectivity index (χ4n) is 2.33. The number of nitriles is 1. The van der Waals surface area contributed by atoms with E-state index in [2.05, 4.69) is 23.4 Å². The molecule has 1 N–H and O–H groups in total. The van der Waals surface area contributed by atoms with Crippen LogP contribution in [0.25, 0.3) is 0 Å². The predicted molar refractivity (Wildman–Crippen MR) is 96.4 cm³/mol. The van der Waals surface area contributed by atoms with Crippen LogP contribution in [0.2, 0.25) is 0 Å². The van der Waals surface area contributed by atoms with Crippen molar-refractivity contribution >= 4 is 17.7 Å². The van der Waals surface area contributed by atoms with Crippen LogP contribution < -0.4 is 5.32 Å². The summed E-state index contributed by atoms with van der Waals surface area (Å²) in [7, 11) is 0. The Morgan fingerprint density at radius 3 is 2.71 bits per heavy atom. The van der Waals surface area contributed by atoms with E-state index in [-0.39, 0.29) is 11.9 Å². The van der Waals surface area contributed by atoms with Gasteiger partial charge in [0, 0.05) is 24.1 Å². The zero-order valence-corrected chi connectivity index (χ0v) is 14.8. The number of thioether (sulfide) groups is 1. The first-order chi connectivity index (χ1) is 11.7. The SMILES string of the molecule is CC[C@H](NC(=O)CSCc1ccc(C#N)cc1)c1cnn(CC)c1. The van der Waals surface area contributed by atoms with Crippen molar-refractivity contribution in [3.05, 3.63) is 53.3 Å². The van der Waals surface area contributed by atoms with Crippen LogP contribution in [0.5, 0.6) is 0 Å². The number of carbonyl (C=O) groups excluding carboxylic acids is 1. The molecule has 0 spiro atoms. The molecule has 2 aromatic rings. The standard InChI is InChI=1S/C18H22N4OS/c1-3-17(16-10-20-22(4-2)11-16)21-18(23)13-24-12-15-7-5-14(9-19)6-8-15/h5-8,10-11,17H,3-4,12-13H2,1-2H3,(H,21,23)/t17-/m0/s1. The van der Waals surface area contributed by atoms with Crippen molar-refractivity contribution in [3.63, 3.8) is 0 Å². The third-order valence-corrected chi connectivity index (χ3v) is 4.71. The van der Waals surface area contributed by atoms with Gasteiger partial charge < -0.3 is 5.32 Å². The van der Waals surface area contributed by atoms with Crippen LogP contribution in [0.4, 0.5) is 0 Å². The second-order valence-electron chi connectivity index (χ2n) is 5.46. The topological polar surface area (TPSA) is 70.7 Å². The van der Waals surface area contributed by atoms with Gasteiger partial charge in [0.05, 0.1) is 29.6 Å². The smallest absolute Gasteiger partial charge is 0.230 e. The minimum atomic E-state index is 0.00770. The Morgan fingerprint density at radius 1 is 1.38 bits per heavy atom. The Balaban J connectivity index is 1.79. The molecule has 1 heterocycles. The van der Waals surface area contributed by atoms with Crippen molar-refractivity contribution in [1.82, 2.24) is 15.1 Å². The van der Waals surface area contributed by atoms with Gasteiger partial charge in [-0.05, 0) is 31.0 Å². The second-order valence-corrected chi connectivity index (χ2v) is 6.44. The van der Waals surface area contributed by atoms with Gasteiger partial charge in [-0.1, -0.05) is 19.1 Å². The van der Waals surface area contributed by atoms with Crippen molar-refractivity contribution in [2.24, 2.45) is 0 Å². The molecule has 0 unspecified atom stereocenters. The lowest BCUT2D eigenvalue weighted by atomic mass is 10.1. The van der Waals surface area contributed by atoms with Crippen molar-refractivity contribution in [2.75, 3.05) is 5.75 Å². The normalized spacial score (nSPS) is 11.7. The molecule has 5 nitrogen and oxygen atoms in total. The number of hydrogen-bond donors (Lipinski definition) is 1. The Bertz CT molecular complexity index is 703. The fourth-order valence-corrected chi connectivity index (χ4v) is 3.13. The van der Waals surface area contributed by atoms with E-state index in [1.807, 2.05) is 36.1 Å². The number of benzene rings is 1. The van der Waals surface area contributed by atoms with Crippen molar-refractivity contribution in [1.29, 1.82) is 5.26 Å². The molecule has 24 heavy (non-hydrogen) atoms. The maximum atomic E-state index is 12.2. The Kier molecular flexibility index (Phi) is 6.89. The van der Waals surface area contributed by atoms with E-state index in [1.54, 1.807) is 23.9 Å². The van der Waals surface area contributed by atoms with Gasteiger partial charge in [0.1, 0.15) is 0 Å². The molecule has 0 fully saturated rings. The monoisotopic (exact) mass is 342 g/mol. The molecule has 0 bridgehead atoms. The lowest BCUT2D eigenvalue weighted by Gasteiger charge is -2.15. The van der Waals surface area contributed by atoms with E-state index in [0.717, 1.165) is 29.8 Å². The molecule has 1 aromatic carbocycles. The number of aryl methyl sites for hydroxylation is 1. The quantitative estimate of drug-likeness (QED) is 0.799. The molecular weight excluding hydrogens is 320 g/mol. The minimum Gasteiger partial charge on any atom is -0.348 e. The maximum absolute atomic E-state index is 12.2. The first kappa shape index (κ1) is 18.1. The molecule has 0 aliphatic rings. The van der Waals surface area contributed by atoms with Crippen LogP contribution >= 0.6 is 11.8 Å². The van der Waals surface area contributed by atoms with Gasteiger partial charge in [-0.3, -0.25) is 9.48 Å². The summed E-state index contributed by atoms with van der Waals surface area (Å²) >= 11 is 1.57. The van der Waals surface area contributed by atoms with Crippen LogP contribution in [0.3, 0.4) is 0 Å². The molecule has 0 saturated carbocycles. The van der Waals surface area contributed by atoms with E-state index < -0.39 is 0 Å². The molecule has 0 aliphatic carbocycles. The fraction of sp³-hybridized carbons (Fsp3) is 0.389. The summed E-state index contributed by atoms with van der Waals surface area (Å²) in [5, 5.41) is 16.1. The Morgan fingerprint density at radius 2 is 2.12 bits per heavy atom. The molecule has 0 radical (unpaired) electrons. The molecule has 0 aliphatic heterocycles. The van der Waals surface area contributed by atoms with Crippen molar-refractivity contribution in [2.45, 2.75) is 38.6 Å². The lowest BCUT2D eigenvalue weighted by Crippen LogP contribution is -2.29. The maximum Gasteiger partial charge on any atom is 0.230 e. The van der Waals surface area contributed by atoms with Crippen LogP contribution in [0.1, 0.15) is 43.0 Å². The summed E-state index contributed by atoms with van der Waals surface area (Å²) in [5.74, 6) is 1.20. The van der Waals surface area contributed by atoms with Gasteiger partial charge in [-0.2, -0.15) is 10.4 Å². The zero-order valence-electron chi connectivity index (χ0n) is 14.0. The number of rotatable bonds is 8. The summed E-state index contributed by atoms with van der Waals surface area (Å²) in [6.45, 7) is 4.92. The van der Waals surface area contributed by atoms with Crippen LogP contribution in [-0.2, 0) is 17.1 Å². The summed E-state index contributed by atoms with van der Waals surface area (Å²) in [5.41, 5.74) is 2.81. The molecule has 6 heteroatoms. The summed E-state index contributed by atoms with van der Waals surface area (Å²) in [4.78, 5) is 12.2. The summed E-state index contributed by atoms with van der Waals surface area (Å²) in [6.07, 6.45) is 4.64. The van der Waals surface area contributed by atoms with Gasteiger partial charge in [0.15, 0.2) is 0 Å². The molecule has 1 amide bonds. The molecule has 2 rings (SSSR count).